The normalized spacial score (nSPS) is 17.3. The van der Waals surface area contributed by atoms with Gasteiger partial charge in [-0.1, -0.05) is 80.6 Å². The zero-order valence-electron chi connectivity index (χ0n) is 22.5. The van der Waals surface area contributed by atoms with E-state index in [0.29, 0.717) is 36.2 Å². The van der Waals surface area contributed by atoms with Crippen LogP contribution in [0.3, 0.4) is 0 Å². The summed E-state index contributed by atoms with van der Waals surface area (Å²) in [4.78, 5) is 14.2. The van der Waals surface area contributed by atoms with Gasteiger partial charge in [-0.15, -0.1) is 0 Å². The number of Topliss-reactive ketones (excluding diaryl/α,β-unsaturated/α-hetero) is 1. The molecule has 1 aliphatic carbocycles. The third-order valence-electron chi connectivity index (χ3n) is 7.49. The minimum Gasteiger partial charge on any atom is -0.387 e. The zero-order chi connectivity index (χ0) is 28.6. The SMILES string of the molecule is CC(C)c1cccc2c1=C(Cc1ccc(-c3ccccc3S(N)(=O)=O)cc1)C(=O)C(C(=N)N)C=2CN1CC=CN1. The first-order valence-corrected chi connectivity index (χ1v) is 14.7. The maximum atomic E-state index is 14.1. The number of ketones is 1. The Morgan fingerprint density at radius 3 is 2.42 bits per heavy atom. The van der Waals surface area contributed by atoms with Crippen molar-refractivity contribution in [2.75, 3.05) is 13.1 Å². The lowest BCUT2D eigenvalue weighted by molar-refractivity contribution is -0.114. The molecule has 1 atom stereocenters. The number of hydrogen-bond acceptors (Lipinski definition) is 6. The van der Waals surface area contributed by atoms with E-state index in [4.69, 9.17) is 16.3 Å². The van der Waals surface area contributed by atoms with Crippen molar-refractivity contribution in [1.29, 1.82) is 5.41 Å². The molecule has 0 aromatic heterocycles. The summed E-state index contributed by atoms with van der Waals surface area (Å²) in [6, 6.07) is 20.2. The van der Waals surface area contributed by atoms with E-state index in [0.717, 1.165) is 27.1 Å². The Kier molecular flexibility index (Phi) is 7.46. The highest BCUT2D eigenvalue weighted by molar-refractivity contribution is 7.89. The molecule has 40 heavy (non-hydrogen) atoms. The van der Waals surface area contributed by atoms with E-state index in [1.54, 1.807) is 18.2 Å². The number of nitrogens with zero attached hydrogens (tertiary/aromatic N) is 1. The second-order valence-corrected chi connectivity index (χ2v) is 12.0. The molecule has 2 aliphatic rings. The van der Waals surface area contributed by atoms with Gasteiger partial charge in [-0.2, -0.15) is 0 Å². The van der Waals surface area contributed by atoms with Gasteiger partial charge >= 0.3 is 0 Å². The van der Waals surface area contributed by atoms with Crippen molar-refractivity contribution in [3.05, 3.63) is 101 Å². The van der Waals surface area contributed by atoms with Crippen molar-refractivity contribution in [2.45, 2.75) is 31.1 Å². The molecule has 0 bridgehead atoms. The van der Waals surface area contributed by atoms with E-state index in [9.17, 15) is 13.2 Å². The molecule has 3 aromatic rings. The van der Waals surface area contributed by atoms with Crippen LogP contribution in [-0.2, 0) is 21.2 Å². The number of primary sulfonamides is 1. The van der Waals surface area contributed by atoms with Crippen LogP contribution in [0.1, 0.15) is 30.9 Å². The van der Waals surface area contributed by atoms with E-state index in [1.807, 2.05) is 53.7 Å². The summed E-state index contributed by atoms with van der Waals surface area (Å²) in [7, 11) is -3.89. The number of hydrazine groups is 1. The molecule has 9 heteroatoms. The third kappa shape index (κ3) is 5.23. The molecular formula is C31H33N5O3S. The highest BCUT2D eigenvalue weighted by Crippen LogP contribution is 2.29. The van der Waals surface area contributed by atoms with E-state index in [1.165, 1.54) is 6.07 Å². The van der Waals surface area contributed by atoms with E-state index in [-0.39, 0.29) is 22.4 Å². The van der Waals surface area contributed by atoms with Gasteiger partial charge in [0.05, 0.1) is 4.90 Å². The van der Waals surface area contributed by atoms with Gasteiger partial charge in [-0.3, -0.25) is 10.2 Å². The lowest BCUT2D eigenvalue weighted by Gasteiger charge is -2.29. The molecular weight excluding hydrogens is 522 g/mol. The molecule has 0 amide bonds. The lowest BCUT2D eigenvalue weighted by Crippen LogP contribution is -2.49. The van der Waals surface area contributed by atoms with Gasteiger partial charge < -0.3 is 11.2 Å². The van der Waals surface area contributed by atoms with Gasteiger partial charge in [0.2, 0.25) is 10.0 Å². The molecule has 206 valence electrons. The third-order valence-corrected chi connectivity index (χ3v) is 8.46. The second-order valence-electron chi connectivity index (χ2n) is 10.5. The molecule has 0 saturated carbocycles. The van der Waals surface area contributed by atoms with E-state index in [2.05, 4.69) is 25.3 Å². The Morgan fingerprint density at radius 2 is 1.80 bits per heavy atom. The Labute approximate surface area is 234 Å². The van der Waals surface area contributed by atoms with Gasteiger partial charge in [-0.25, -0.2) is 18.6 Å². The quantitative estimate of drug-likeness (QED) is 0.248. The number of benzene rings is 3. The fraction of sp³-hybridized carbons (Fsp3) is 0.226. The van der Waals surface area contributed by atoms with Crippen molar-refractivity contribution >= 4 is 32.8 Å². The summed E-state index contributed by atoms with van der Waals surface area (Å²) >= 11 is 0. The molecule has 0 saturated heterocycles. The molecule has 3 aromatic carbocycles. The molecule has 0 fully saturated rings. The first-order valence-electron chi connectivity index (χ1n) is 13.2. The Balaban J connectivity index is 1.64. The van der Waals surface area contributed by atoms with Crippen LogP contribution >= 0.6 is 0 Å². The number of carbonyl (C=O) groups is 1. The maximum Gasteiger partial charge on any atom is 0.238 e. The number of rotatable bonds is 8. The topological polar surface area (TPSA) is 142 Å². The number of nitrogens with two attached hydrogens (primary N) is 2. The average molecular weight is 556 g/mol. The molecule has 5 rings (SSSR count). The van der Waals surface area contributed by atoms with E-state index < -0.39 is 15.9 Å². The number of nitrogens with one attached hydrogen (secondary N) is 2. The van der Waals surface area contributed by atoms with Crippen molar-refractivity contribution in [3.8, 4) is 11.1 Å². The summed E-state index contributed by atoms with van der Waals surface area (Å²) in [5.74, 6) is -0.983. The first-order chi connectivity index (χ1) is 19.1. The molecule has 1 unspecified atom stereocenters. The number of carbonyl (C=O) groups excluding carboxylic acids is 1. The smallest absolute Gasteiger partial charge is 0.238 e. The van der Waals surface area contributed by atoms with Gasteiger partial charge in [0.1, 0.15) is 11.8 Å². The molecule has 8 nitrogen and oxygen atoms in total. The predicted molar refractivity (Wildman–Crippen MR) is 158 cm³/mol. The first kappa shape index (κ1) is 27.5. The summed E-state index contributed by atoms with van der Waals surface area (Å²) in [6.07, 6.45) is 4.22. The molecule has 0 radical (unpaired) electrons. The molecule has 1 heterocycles. The minimum atomic E-state index is -3.89. The largest absolute Gasteiger partial charge is 0.387 e. The van der Waals surface area contributed by atoms with Gasteiger partial charge in [0, 0.05) is 36.8 Å². The zero-order valence-corrected chi connectivity index (χ0v) is 23.3. The van der Waals surface area contributed by atoms with Crippen LogP contribution in [0.4, 0.5) is 0 Å². The lowest BCUT2D eigenvalue weighted by atomic mass is 9.78. The van der Waals surface area contributed by atoms with Gasteiger partial charge in [-0.05, 0) is 44.7 Å². The summed E-state index contributed by atoms with van der Waals surface area (Å²) < 4.78 is 24.2. The maximum absolute atomic E-state index is 14.1. The predicted octanol–water partition coefficient (Wildman–Crippen LogP) is 2.14. The molecule has 1 aliphatic heterocycles. The van der Waals surface area contributed by atoms with Crippen molar-refractivity contribution in [1.82, 2.24) is 10.4 Å². The number of fused-ring (bicyclic) bond motifs is 1. The minimum absolute atomic E-state index is 0.0603. The van der Waals surface area contributed by atoms with E-state index >= 15 is 0 Å². The van der Waals surface area contributed by atoms with Crippen LogP contribution in [0.15, 0.2) is 83.9 Å². The average Bonchev–Trinajstić information content (AvgIpc) is 3.43. The summed E-state index contributed by atoms with van der Waals surface area (Å²) in [6.45, 7) is 5.37. The van der Waals surface area contributed by atoms with Crippen LogP contribution < -0.4 is 26.7 Å². The molecule has 6 N–H and O–H groups in total. The standard InChI is InChI=1S/C31H33N5O3S/c1-19(2)22-8-5-9-24-26(18-36-16-6-15-35-36)29(31(32)33)30(37)25(28(22)24)17-20-11-13-21(14-12-20)23-7-3-4-10-27(23)40(34,38)39/h3-15,19,29,35H,16-18H2,1-2H3,(H3,32,33)(H2,34,38,39). The summed E-state index contributed by atoms with van der Waals surface area (Å²) in [5, 5.41) is 17.7. The van der Waals surface area contributed by atoms with Gasteiger partial charge in [0.15, 0.2) is 5.78 Å². The fourth-order valence-electron chi connectivity index (χ4n) is 5.61. The second kappa shape index (κ2) is 10.8. The van der Waals surface area contributed by atoms with Crippen LogP contribution in [-0.4, -0.2) is 38.1 Å². The van der Waals surface area contributed by atoms with Crippen molar-refractivity contribution in [3.63, 3.8) is 0 Å². The van der Waals surface area contributed by atoms with Gasteiger partial charge in [0.25, 0.3) is 0 Å². The highest BCUT2D eigenvalue weighted by atomic mass is 32.2. The van der Waals surface area contributed by atoms with Crippen LogP contribution in [0.25, 0.3) is 22.3 Å². The number of amidine groups is 1. The van der Waals surface area contributed by atoms with Crippen molar-refractivity contribution < 1.29 is 13.2 Å². The fourth-order valence-corrected chi connectivity index (χ4v) is 6.37. The number of sulfonamides is 1. The Bertz CT molecular complexity index is 1750. The monoisotopic (exact) mass is 555 g/mol. The summed E-state index contributed by atoms with van der Waals surface area (Å²) in [5.41, 5.74) is 13.9. The van der Waals surface area contributed by atoms with Crippen LogP contribution in [0, 0.1) is 11.3 Å². The number of hydrogen-bond donors (Lipinski definition) is 4. The highest BCUT2D eigenvalue weighted by Gasteiger charge is 2.34. The van der Waals surface area contributed by atoms with Crippen molar-refractivity contribution in [2.24, 2.45) is 16.8 Å². The Hall–Kier alpha value is -4.05. The molecule has 0 spiro atoms. The Morgan fingerprint density at radius 1 is 1.07 bits per heavy atom. The van der Waals surface area contributed by atoms with Crippen LogP contribution in [0.2, 0.25) is 0 Å². The van der Waals surface area contributed by atoms with Crippen LogP contribution in [0.5, 0.6) is 0 Å².